The number of amides is 2. The van der Waals surface area contributed by atoms with E-state index in [0.717, 1.165) is 0 Å². The summed E-state index contributed by atoms with van der Waals surface area (Å²) in [6.45, 7) is 0. The van der Waals surface area contributed by atoms with E-state index < -0.39 is 5.91 Å². The first-order chi connectivity index (χ1) is 10.2. The molecular weight excluding hydrogens is 286 g/mol. The van der Waals surface area contributed by atoms with E-state index >= 15 is 0 Å². The molecule has 0 fully saturated rings. The van der Waals surface area contributed by atoms with Gasteiger partial charge >= 0.3 is 0 Å². The largest absolute Gasteiger partial charge is 0.320 e. The van der Waals surface area contributed by atoms with Crippen LogP contribution in [0.2, 0.25) is 0 Å². The standard InChI is InChI=1S/C15H13N3O2S/c19-13(11-7-3-1-4-8-11)17-18-15(21)14(20)16-12-9-5-2-6-10-12/h1-10H,(H,16,20)(H,17,19)(H,18,21). The van der Waals surface area contributed by atoms with Crippen LogP contribution in [0, 0.1) is 0 Å². The number of carbonyl (C=O) groups is 2. The summed E-state index contributed by atoms with van der Waals surface area (Å²) in [6, 6.07) is 17.5. The van der Waals surface area contributed by atoms with Crippen LogP contribution in [0.4, 0.5) is 5.69 Å². The molecule has 0 aliphatic rings. The molecule has 0 atom stereocenters. The van der Waals surface area contributed by atoms with Gasteiger partial charge in [0.15, 0.2) is 4.99 Å². The number of benzene rings is 2. The molecular formula is C15H13N3O2S. The number of hydrogen-bond acceptors (Lipinski definition) is 3. The van der Waals surface area contributed by atoms with E-state index in [2.05, 4.69) is 16.2 Å². The molecule has 3 N–H and O–H groups in total. The number of para-hydroxylation sites is 1. The Kier molecular flexibility index (Phi) is 5.00. The first kappa shape index (κ1) is 14.7. The fraction of sp³-hybridized carbons (Fsp3) is 0. The van der Waals surface area contributed by atoms with Crippen molar-refractivity contribution in [3.8, 4) is 0 Å². The van der Waals surface area contributed by atoms with Crippen LogP contribution in [0.5, 0.6) is 0 Å². The predicted molar refractivity (Wildman–Crippen MR) is 84.7 cm³/mol. The summed E-state index contributed by atoms with van der Waals surface area (Å²) in [7, 11) is 0. The van der Waals surface area contributed by atoms with Gasteiger partial charge in [-0.2, -0.15) is 0 Å². The SMILES string of the molecule is O=C(Nc1ccccc1)C(=S)NNC(=O)c1ccccc1. The highest BCUT2D eigenvalue weighted by Crippen LogP contribution is 2.04. The lowest BCUT2D eigenvalue weighted by Crippen LogP contribution is -2.45. The average Bonchev–Trinajstić information content (AvgIpc) is 2.54. The zero-order chi connectivity index (χ0) is 15.1. The summed E-state index contributed by atoms with van der Waals surface area (Å²) < 4.78 is 0. The van der Waals surface area contributed by atoms with Gasteiger partial charge in [-0.25, -0.2) is 0 Å². The highest BCUT2D eigenvalue weighted by atomic mass is 32.1. The van der Waals surface area contributed by atoms with E-state index in [9.17, 15) is 9.59 Å². The summed E-state index contributed by atoms with van der Waals surface area (Å²) in [4.78, 5) is 23.4. The zero-order valence-corrected chi connectivity index (χ0v) is 11.8. The molecule has 21 heavy (non-hydrogen) atoms. The molecule has 2 rings (SSSR count). The Balaban J connectivity index is 1.84. The zero-order valence-electron chi connectivity index (χ0n) is 11.0. The second kappa shape index (κ2) is 7.16. The van der Waals surface area contributed by atoms with Crippen molar-refractivity contribution in [1.29, 1.82) is 0 Å². The molecule has 0 heterocycles. The molecule has 0 aliphatic heterocycles. The van der Waals surface area contributed by atoms with Crippen LogP contribution >= 0.6 is 12.2 Å². The van der Waals surface area contributed by atoms with Gasteiger partial charge in [0.1, 0.15) is 0 Å². The third kappa shape index (κ3) is 4.39. The lowest BCUT2D eigenvalue weighted by molar-refractivity contribution is -0.110. The average molecular weight is 299 g/mol. The van der Waals surface area contributed by atoms with Crippen molar-refractivity contribution < 1.29 is 9.59 Å². The van der Waals surface area contributed by atoms with Gasteiger partial charge in [0.05, 0.1) is 0 Å². The van der Waals surface area contributed by atoms with Gasteiger partial charge in [0.2, 0.25) is 0 Å². The minimum atomic E-state index is -0.496. The Morgan fingerprint density at radius 1 is 0.810 bits per heavy atom. The summed E-state index contributed by atoms with van der Waals surface area (Å²) in [5.74, 6) is -0.866. The Morgan fingerprint density at radius 3 is 2.00 bits per heavy atom. The molecule has 2 aromatic carbocycles. The lowest BCUT2D eigenvalue weighted by atomic mass is 10.2. The third-order valence-electron chi connectivity index (χ3n) is 2.56. The quantitative estimate of drug-likeness (QED) is 0.585. The number of hydrogen-bond donors (Lipinski definition) is 3. The second-order valence-electron chi connectivity index (χ2n) is 4.09. The van der Waals surface area contributed by atoms with Gasteiger partial charge in [0.25, 0.3) is 11.8 Å². The van der Waals surface area contributed by atoms with Crippen molar-refractivity contribution in [2.75, 3.05) is 5.32 Å². The van der Waals surface area contributed by atoms with E-state index in [1.807, 2.05) is 12.1 Å². The van der Waals surface area contributed by atoms with Gasteiger partial charge in [-0.15, -0.1) is 0 Å². The van der Waals surface area contributed by atoms with Crippen molar-refractivity contribution in [2.45, 2.75) is 0 Å². The highest BCUT2D eigenvalue weighted by molar-refractivity contribution is 7.82. The smallest absolute Gasteiger partial charge is 0.284 e. The Bertz CT molecular complexity index is 644. The maximum Gasteiger partial charge on any atom is 0.284 e. The summed E-state index contributed by atoms with van der Waals surface area (Å²) in [5, 5.41) is 2.61. The molecule has 106 valence electrons. The molecule has 2 amide bonds. The third-order valence-corrected chi connectivity index (χ3v) is 2.85. The Morgan fingerprint density at radius 2 is 1.38 bits per heavy atom. The van der Waals surface area contributed by atoms with Crippen molar-refractivity contribution in [1.82, 2.24) is 10.9 Å². The van der Waals surface area contributed by atoms with Crippen LogP contribution < -0.4 is 16.2 Å². The lowest BCUT2D eigenvalue weighted by Gasteiger charge is -2.10. The molecule has 6 heteroatoms. The molecule has 0 radical (unpaired) electrons. The maximum atomic E-state index is 11.8. The molecule has 0 aliphatic carbocycles. The highest BCUT2D eigenvalue weighted by Gasteiger charge is 2.11. The van der Waals surface area contributed by atoms with Crippen LogP contribution in [0.15, 0.2) is 60.7 Å². The monoisotopic (exact) mass is 299 g/mol. The molecule has 0 saturated carbocycles. The number of rotatable bonds is 2. The minimum Gasteiger partial charge on any atom is -0.320 e. The van der Waals surface area contributed by atoms with Crippen molar-refractivity contribution >= 4 is 34.7 Å². The Labute approximate surface area is 127 Å². The van der Waals surface area contributed by atoms with E-state index in [1.165, 1.54) is 0 Å². The van der Waals surface area contributed by atoms with Gasteiger partial charge in [-0.05, 0) is 24.3 Å². The van der Waals surface area contributed by atoms with Gasteiger partial charge in [0, 0.05) is 11.3 Å². The normalized spacial score (nSPS) is 9.52. The fourth-order valence-electron chi connectivity index (χ4n) is 1.54. The van der Waals surface area contributed by atoms with E-state index in [-0.39, 0.29) is 10.9 Å². The number of thiocarbonyl (C=S) groups is 1. The number of hydrazine groups is 1. The van der Waals surface area contributed by atoms with Crippen LogP contribution in [0.3, 0.4) is 0 Å². The van der Waals surface area contributed by atoms with Crippen LogP contribution in [-0.2, 0) is 4.79 Å². The molecule has 0 unspecified atom stereocenters. The van der Waals surface area contributed by atoms with E-state index in [4.69, 9.17) is 12.2 Å². The number of nitrogens with one attached hydrogen (secondary N) is 3. The topological polar surface area (TPSA) is 70.2 Å². The summed E-state index contributed by atoms with van der Waals surface area (Å²) in [6.07, 6.45) is 0. The van der Waals surface area contributed by atoms with Crippen molar-refractivity contribution in [3.05, 3.63) is 66.2 Å². The fourth-order valence-corrected chi connectivity index (χ4v) is 1.64. The minimum absolute atomic E-state index is 0.122. The Hall–Kier alpha value is -2.73. The molecule has 0 spiro atoms. The predicted octanol–water partition coefficient (Wildman–Crippen LogP) is 1.89. The second-order valence-corrected chi connectivity index (χ2v) is 4.50. The van der Waals surface area contributed by atoms with Crippen LogP contribution in [-0.4, -0.2) is 16.8 Å². The molecule has 0 aromatic heterocycles. The molecule has 0 saturated heterocycles. The number of carbonyl (C=O) groups excluding carboxylic acids is 2. The van der Waals surface area contributed by atoms with Crippen LogP contribution in [0.25, 0.3) is 0 Å². The first-order valence-electron chi connectivity index (χ1n) is 6.18. The number of anilines is 1. The molecule has 2 aromatic rings. The first-order valence-corrected chi connectivity index (χ1v) is 6.59. The maximum absolute atomic E-state index is 11.8. The van der Waals surface area contributed by atoms with E-state index in [1.54, 1.807) is 48.5 Å². The van der Waals surface area contributed by atoms with Crippen molar-refractivity contribution in [2.24, 2.45) is 0 Å². The summed E-state index contributed by atoms with van der Waals surface area (Å²) in [5.41, 5.74) is 5.89. The van der Waals surface area contributed by atoms with E-state index in [0.29, 0.717) is 11.3 Å². The van der Waals surface area contributed by atoms with Gasteiger partial charge < -0.3 is 5.32 Å². The molecule has 0 bridgehead atoms. The molecule has 5 nitrogen and oxygen atoms in total. The summed E-state index contributed by atoms with van der Waals surface area (Å²) >= 11 is 4.91. The van der Waals surface area contributed by atoms with Gasteiger partial charge in [-0.3, -0.25) is 20.4 Å². The van der Waals surface area contributed by atoms with Gasteiger partial charge in [-0.1, -0.05) is 48.6 Å². The van der Waals surface area contributed by atoms with Crippen LogP contribution in [0.1, 0.15) is 10.4 Å². The van der Waals surface area contributed by atoms with Crippen molar-refractivity contribution in [3.63, 3.8) is 0 Å².